The Labute approximate surface area is 235 Å². The Morgan fingerprint density at radius 2 is 1.77 bits per heavy atom. The number of alkyl halides is 1. The normalized spacial score (nSPS) is 29.9. The van der Waals surface area contributed by atoms with E-state index in [2.05, 4.69) is 0 Å². The molecule has 40 heavy (non-hydrogen) atoms. The second-order valence-electron chi connectivity index (χ2n) is 12.4. The summed E-state index contributed by atoms with van der Waals surface area (Å²) < 4.78 is 24.2. The lowest BCUT2D eigenvalue weighted by Crippen LogP contribution is -2.48. The highest BCUT2D eigenvalue weighted by molar-refractivity contribution is 5.94. The van der Waals surface area contributed by atoms with Gasteiger partial charge in [0.2, 0.25) is 11.7 Å². The summed E-state index contributed by atoms with van der Waals surface area (Å²) in [5.74, 6) is -0.349. The number of halogens is 1. The summed E-state index contributed by atoms with van der Waals surface area (Å²) in [7, 11) is 1.76. The van der Waals surface area contributed by atoms with Crippen molar-refractivity contribution in [2.24, 2.45) is 29.6 Å². The highest BCUT2D eigenvalue weighted by Gasteiger charge is 2.47. The molecule has 5 rings (SSSR count). The Morgan fingerprint density at radius 3 is 2.42 bits per heavy atom. The first-order valence-corrected chi connectivity index (χ1v) is 15.0. The number of hydrogen-bond acceptors (Lipinski definition) is 5. The first-order valence-electron chi connectivity index (χ1n) is 15.0. The van der Waals surface area contributed by atoms with Gasteiger partial charge in [-0.25, -0.2) is 4.79 Å². The van der Waals surface area contributed by atoms with Crippen LogP contribution in [0.5, 0.6) is 0 Å². The Bertz CT molecular complexity index is 1210. The molecule has 7 nitrogen and oxygen atoms in total. The molecule has 0 radical (unpaired) electrons. The first kappa shape index (κ1) is 28.8. The Balaban J connectivity index is 1.34. The Hall–Kier alpha value is -2.74. The van der Waals surface area contributed by atoms with E-state index in [-0.39, 0.29) is 54.4 Å². The number of carboxylic acids is 1. The summed E-state index contributed by atoms with van der Waals surface area (Å²) in [6.07, 6.45) is 8.49. The van der Waals surface area contributed by atoms with Crippen molar-refractivity contribution in [3.8, 4) is 0 Å². The van der Waals surface area contributed by atoms with Crippen molar-refractivity contribution in [1.29, 1.82) is 0 Å². The standard InChI is InChI=1S/C32H42FNO6/c1-19(18-33)21-4-6-23(7-5-21)31(36)34-14-13-26(22-8-10-25(39-2)11-9-22)30(34)27(35)16-20-3-12-28-24(15-20)17-29(40-28)32(37)38/h3,12,15,17,19,21-23,25-26,30H,4-11,13-14,16,18H2,1-2H3,(H,37,38)/t19-,21?,22?,23?,25?,26-,30-/m1/s1. The van der Waals surface area contributed by atoms with Crippen molar-refractivity contribution in [2.75, 3.05) is 20.3 Å². The topological polar surface area (TPSA) is 97.0 Å². The fourth-order valence-corrected chi connectivity index (χ4v) is 7.63. The van der Waals surface area contributed by atoms with Gasteiger partial charge in [-0.1, -0.05) is 13.0 Å². The van der Waals surface area contributed by atoms with Gasteiger partial charge in [0, 0.05) is 31.4 Å². The summed E-state index contributed by atoms with van der Waals surface area (Å²) in [4.78, 5) is 41.1. The van der Waals surface area contributed by atoms with E-state index in [4.69, 9.17) is 9.15 Å². The minimum Gasteiger partial charge on any atom is -0.475 e. The van der Waals surface area contributed by atoms with Gasteiger partial charge in [0.05, 0.1) is 18.8 Å². The quantitative estimate of drug-likeness (QED) is 0.403. The Kier molecular flexibility index (Phi) is 8.93. The molecule has 1 amide bonds. The number of nitrogens with zero attached hydrogens (tertiary/aromatic N) is 1. The molecule has 2 saturated carbocycles. The van der Waals surface area contributed by atoms with Crippen molar-refractivity contribution in [1.82, 2.24) is 4.90 Å². The maximum Gasteiger partial charge on any atom is 0.371 e. The number of carbonyl (C=O) groups excluding carboxylic acids is 2. The van der Waals surface area contributed by atoms with Crippen LogP contribution in [-0.4, -0.2) is 60.1 Å². The zero-order valence-electron chi connectivity index (χ0n) is 23.6. The number of methoxy groups -OCH3 is 1. The van der Waals surface area contributed by atoms with Crippen molar-refractivity contribution in [2.45, 2.75) is 83.3 Å². The van der Waals surface area contributed by atoms with Crippen molar-refractivity contribution < 1.29 is 33.0 Å². The van der Waals surface area contributed by atoms with Gasteiger partial charge in [0.1, 0.15) is 5.58 Å². The Morgan fingerprint density at radius 1 is 1.05 bits per heavy atom. The summed E-state index contributed by atoms with van der Waals surface area (Å²) in [6, 6.07) is 6.36. The lowest BCUT2D eigenvalue weighted by molar-refractivity contribution is -0.143. The number of furan rings is 1. The van der Waals surface area contributed by atoms with Crippen LogP contribution in [0.2, 0.25) is 0 Å². The third kappa shape index (κ3) is 5.97. The van der Waals surface area contributed by atoms with Gasteiger partial charge in [0.25, 0.3) is 0 Å². The van der Waals surface area contributed by atoms with E-state index in [9.17, 15) is 23.9 Å². The van der Waals surface area contributed by atoms with Gasteiger partial charge in [-0.3, -0.25) is 14.0 Å². The average Bonchev–Trinajstić information content (AvgIpc) is 3.61. The molecule has 8 heteroatoms. The molecule has 2 aromatic rings. The predicted molar refractivity (Wildman–Crippen MR) is 149 cm³/mol. The number of amides is 1. The minimum absolute atomic E-state index is 0.0305. The molecule has 3 fully saturated rings. The van der Waals surface area contributed by atoms with Crippen LogP contribution in [-0.2, 0) is 20.7 Å². The van der Waals surface area contributed by atoms with E-state index in [1.54, 1.807) is 13.2 Å². The van der Waals surface area contributed by atoms with E-state index in [1.165, 1.54) is 6.07 Å². The molecule has 0 unspecified atom stereocenters. The van der Waals surface area contributed by atoms with Gasteiger partial charge >= 0.3 is 5.97 Å². The van der Waals surface area contributed by atoms with Crippen molar-refractivity contribution in [3.63, 3.8) is 0 Å². The van der Waals surface area contributed by atoms with E-state index >= 15 is 0 Å². The average molecular weight is 556 g/mol. The molecule has 0 spiro atoms. The van der Waals surface area contributed by atoms with E-state index in [0.717, 1.165) is 63.4 Å². The van der Waals surface area contributed by atoms with Crippen LogP contribution in [0, 0.1) is 29.6 Å². The zero-order valence-corrected chi connectivity index (χ0v) is 23.6. The van der Waals surface area contributed by atoms with Crippen molar-refractivity contribution in [3.05, 3.63) is 35.6 Å². The van der Waals surface area contributed by atoms with Crippen LogP contribution >= 0.6 is 0 Å². The lowest BCUT2D eigenvalue weighted by atomic mass is 9.74. The monoisotopic (exact) mass is 555 g/mol. The molecule has 1 aromatic heterocycles. The molecule has 1 saturated heterocycles. The molecule has 2 aliphatic carbocycles. The molecular weight excluding hydrogens is 513 g/mol. The number of fused-ring (bicyclic) bond motifs is 1. The van der Waals surface area contributed by atoms with Crippen LogP contribution in [0.3, 0.4) is 0 Å². The van der Waals surface area contributed by atoms with Crippen LogP contribution in [0.25, 0.3) is 11.0 Å². The third-order valence-corrected chi connectivity index (χ3v) is 10.1. The number of hydrogen-bond donors (Lipinski definition) is 1. The molecule has 1 aromatic carbocycles. The number of Topliss-reactive ketones (excluding diaryl/α,β-unsaturated/α-hetero) is 1. The smallest absolute Gasteiger partial charge is 0.371 e. The van der Waals surface area contributed by atoms with E-state index in [0.29, 0.717) is 29.3 Å². The fraction of sp³-hybridized carbons (Fsp3) is 0.656. The third-order valence-electron chi connectivity index (χ3n) is 10.1. The summed E-state index contributed by atoms with van der Waals surface area (Å²) in [5.41, 5.74) is 1.26. The zero-order chi connectivity index (χ0) is 28.4. The summed E-state index contributed by atoms with van der Waals surface area (Å²) >= 11 is 0. The largest absolute Gasteiger partial charge is 0.475 e. The molecular formula is C32H42FNO6. The number of ketones is 1. The van der Waals surface area contributed by atoms with Crippen molar-refractivity contribution >= 4 is 28.6 Å². The van der Waals surface area contributed by atoms with Gasteiger partial charge in [-0.15, -0.1) is 0 Å². The number of ether oxygens (including phenoxy) is 1. The first-order chi connectivity index (χ1) is 19.3. The van der Waals surface area contributed by atoms with Crippen LogP contribution in [0.4, 0.5) is 4.39 Å². The molecule has 2 heterocycles. The SMILES string of the molecule is COC1CCC([C@H]2CCN(C(=O)C3CCC([C@H](C)CF)CC3)[C@H]2C(=O)Cc2ccc3oc(C(=O)O)cc3c2)CC1. The summed E-state index contributed by atoms with van der Waals surface area (Å²) in [6.45, 7) is 2.24. The van der Waals surface area contributed by atoms with Gasteiger partial charge in [0.15, 0.2) is 5.78 Å². The van der Waals surface area contributed by atoms with E-state index in [1.807, 2.05) is 24.0 Å². The number of rotatable bonds is 9. The molecule has 0 bridgehead atoms. The number of carboxylic acid groups (broad SMARTS) is 1. The summed E-state index contributed by atoms with van der Waals surface area (Å²) in [5, 5.41) is 9.91. The molecule has 218 valence electrons. The van der Waals surface area contributed by atoms with Gasteiger partial charge < -0.3 is 19.2 Å². The van der Waals surface area contributed by atoms with E-state index < -0.39 is 12.0 Å². The number of benzene rings is 1. The minimum atomic E-state index is -1.13. The molecule has 3 aliphatic rings. The highest BCUT2D eigenvalue weighted by atomic mass is 19.1. The van der Waals surface area contributed by atoms with Gasteiger partial charge in [-0.2, -0.15) is 0 Å². The predicted octanol–water partition coefficient (Wildman–Crippen LogP) is 6.08. The van der Waals surface area contributed by atoms with Gasteiger partial charge in [-0.05, 0) is 105 Å². The molecule has 1 N–H and O–H groups in total. The number of carbonyl (C=O) groups is 3. The number of aromatic carboxylic acids is 1. The lowest BCUT2D eigenvalue weighted by Gasteiger charge is -2.37. The highest BCUT2D eigenvalue weighted by Crippen LogP contribution is 2.42. The fourth-order valence-electron chi connectivity index (χ4n) is 7.63. The molecule has 1 aliphatic heterocycles. The maximum atomic E-state index is 14.0. The number of likely N-dealkylation sites (tertiary alicyclic amines) is 1. The van der Waals surface area contributed by atoms with Crippen LogP contribution < -0.4 is 0 Å². The second kappa shape index (κ2) is 12.4. The second-order valence-corrected chi connectivity index (χ2v) is 12.4. The van der Waals surface area contributed by atoms with Crippen LogP contribution in [0.15, 0.2) is 28.7 Å². The molecule has 3 atom stereocenters. The van der Waals surface area contributed by atoms with Crippen LogP contribution in [0.1, 0.15) is 80.8 Å². The maximum absolute atomic E-state index is 14.0.